The molecule has 2 aromatic rings. The second-order valence-corrected chi connectivity index (χ2v) is 4.92. The molecule has 0 heterocycles. The van der Waals surface area contributed by atoms with Crippen molar-refractivity contribution in [1.82, 2.24) is 0 Å². The first-order chi connectivity index (χ1) is 8.06. The standard InChI is InChI=1S/C14H14BrNO/c1-9-3-5-14(12(15)7-9)17-13-6-4-11(16)8-10(13)2/h3-8H,16H2,1-2H3. The van der Waals surface area contributed by atoms with Crippen LogP contribution < -0.4 is 10.5 Å². The Morgan fingerprint density at radius 3 is 2.35 bits per heavy atom. The number of nitrogen functional groups attached to an aromatic ring is 1. The highest BCUT2D eigenvalue weighted by molar-refractivity contribution is 9.10. The first-order valence-corrected chi connectivity index (χ1v) is 6.15. The van der Waals surface area contributed by atoms with Crippen molar-refractivity contribution in [3.8, 4) is 11.5 Å². The molecule has 0 aromatic heterocycles. The lowest BCUT2D eigenvalue weighted by Gasteiger charge is -2.11. The maximum atomic E-state index is 5.85. The number of rotatable bonds is 2. The maximum Gasteiger partial charge on any atom is 0.141 e. The Hall–Kier alpha value is -1.48. The van der Waals surface area contributed by atoms with Crippen molar-refractivity contribution < 1.29 is 4.74 Å². The van der Waals surface area contributed by atoms with Gasteiger partial charge in [0.15, 0.2) is 0 Å². The van der Waals surface area contributed by atoms with E-state index in [1.165, 1.54) is 5.56 Å². The Labute approximate surface area is 110 Å². The fraction of sp³-hybridized carbons (Fsp3) is 0.143. The van der Waals surface area contributed by atoms with Crippen molar-refractivity contribution in [2.75, 3.05) is 5.73 Å². The van der Waals surface area contributed by atoms with Gasteiger partial charge >= 0.3 is 0 Å². The van der Waals surface area contributed by atoms with Gasteiger partial charge in [0.2, 0.25) is 0 Å². The summed E-state index contributed by atoms with van der Waals surface area (Å²) in [6.07, 6.45) is 0. The summed E-state index contributed by atoms with van der Waals surface area (Å²) in [6.45, 7) is 4.02. The second kappa shape index (κ2) is 4.80. The monoisotopic (exact) mass is 291 g/mol. The molecular formula is C14H14BrNO. The van der Waals surface area contributed by atoms with Crippen molar-refractivity contribution in [2.45, 2.75) is 13.8 Å². The van der Waals surface area contributed by atoms with E-state index >= 15 is 0 Å². The first kappa shape index (κ1) is 12.0. The van der Waals surface area contributed by atoms with E-state index in [4.69, 9.17) is 10.5 Å². The van der Waals surface area contributed by atoms with Crippen LogP contribution in [0.4, 0.5) is 5.69 Å². The van der Waals surface area contributed by atoms with E-state index < -0.39 is 0 Å². The third-order valence-electron chi connectivity index (χ3n) is 2.51. The van der Waals surface area contributed by atoms with Crippen molar-refractivity contribution in [3.63, 3.8) is 0 Å². The summed E-state index contributed by atoms with van der Waals surface area (Å²) in [5, 5.41) is 0. The smallest absolute Gasteiger partial charge is 0.141 e. The van der Waals surface area contributed by atoms with Gasteiger partial charge in [0.25, 0.3) is 0 Å². The fourth-order valence-electron chi connectivity index (χ4n) is 1.59. The second-order valence-electron chi connectivity index (χ2n) is 4.06. The lowest BCUT2D eigenvalue weighted by atomic mass is 10.2. The molecule has 2 aromatic carbocycles. The number of hydrogen-bond acceptors (Lipinski definition) is 2. The molecular weight excluding hydrogens is 278 g/mol. The SMILES string of the molecule is Cc1ccc(Oc2ccc(N)cc2C)c(Br)c1. The quantitative estimate of drug-likeness (QED) is 0.830. The molecule has 0 saturated carbocycles. The summed E-state index contributed by atoms with van der Waals surface area (Å²) in [6, 6.07) is 11.6. The highest BCUT2D eigenvalue weighted by atomic mass is 79.9. The van der Waals surface area contributed by atoms with Gasteiger partial charge in [-0.1, -0.05) is 6.07 Å². The third-order valence-corrected chi connectivity index (χ3v) is 3.13. The number of halogens is 1. The summed E-state index contributed by atoms with van der Waals surface area (Å²) in [5.74, 6) is 1.63. The highest BCUT2D eigenvalue weighted by Crippen LogP contribution is 2.32. The molecule has 0 atom stereocenters. The summed E-state index contributed by atoms with van der Waals surface area (Å²) in [4.78, 5) is 0. The van der Waals surface area contributed by atoms with Gasteiger partial charge in [-0.15, -0.1) is 0 Å². The van der Waals surface area contributed by atoms with Gasteiger partial charge < -0.3 is 10.5 Å². The molecule has 0 radical (unpaired) electrons. The van der Waals surface area contributed by atoms with Gasteiger partial charge in [0, 0.05) is 5.69 Å². The van der Waals surface area contributed by atoms with Gasteiger partial charge in [0.05, 0.1) is 4.47 Å². The van der Waals surface area contributed by atoms with E-state index in [2.05, 4.69) is 15.9 Å². The number of ether oxygens (including phenoxy) is 1. The molecule has 0 aliphatic rings. The minimum atomic E-state index is 0.748. The van der Waals surface area contributed by atoms with E-state index in [-0.39, 0.29) is 0 Å². The Balaban J connectivity index is 2.31. The van der Waals surface area contributed by atoms with Crippen LogP contribution in [-0.4, -0.2) is 0 Å². The first-order valence-electron chi connectivity index (χ1n) is 5.36. The van der Waals surface area contributed by atoms with Crippen LogP contribution >= 0.6 is 15.9 Å². The Morgan fingerprint density at radius 1 is 1.00 bits per heavy atom. The largest absolute Gasteiger partial charge is 0.456 e. The van der Waals surface area contributed by atoms with Crippen LogP contribution in [0.3, 0.4) is 0 Å². The van der Waals surface area contributed by atoms with Crippen LogP contribution in [0.25, 0.3) is 0 Å². The third kappa shape index (κ3) is 2.80. The van der Waals surface area contributed by atoms with Crippen molar-refractivity contribution >= 4 is 21.6 Å². The van der Waals surface area contributed by atoms with Crippen LogP contribution in [0.5, 0.6) is 11.5 Å². The summed E-state index contributed by atoms with van der Waals surface area (Å²) < 4.78 is 6.80. The number of anilines is 1. The maximum absolute atomic E-state index is 5.85. The Morgan fingerprint density at radius 2 is 1.71 bits per heavy atom. The van der Waals surface area contributed by atoms with Crippen LogP contribution in [-0.2, 0) is 0 Å². The molecule has 0 spiro atoms. The summed E-state index contributed by atoms with van der Waals surface area (Å²) >= 11 is 3.49. The molecule has 0 aliphatic carbocycles. The molecule has 88 valence electrons. The van der Waals surface area contributed by atoms with Crippen LogP contribution in [0.1, 0.15) is 11.1 Å². The molecule has 0 unspecified atom stereocenters. The molecule has 0 saturated heterocycles. The average Bonchev–Trinajstić information content (AvgIpc) is 2.25. The van der Waals surface area contributed by atoms with Gasteiger partial charge in [-0.05, 0) is 71.2 Å². The van der Waals surface area contributed by atoms with Gasteiger partial charge in [-0.25, -0.2) is 0 Å². The molecule has 2 rings (SSSR count). The van der Waals surface area contributed by atoms with E-state index in [1.54, 1.807) is 0 Å². The van der Waals surface area contributed by atoms with Gasteiger partial charge in [0.1, 0.15) is 11.5 Å². The number of aryl methyl sites for hydroxylation is 2. The van der Waals surface area contributed by atoms with Crippen molar-refractivity contribution in [1.29, 1.82) is 0 Å². The van der Waals surface area contributed by atoms with Crippen LogP contribution in [0, 0.1) is 13.8 Å². The molecule has 0 amide bonds. The lowest BCUT2D eigenvalue weighted by Crippen LogP contribution is -1.91. The molecule has 0 fully saturated rings. The normalized spacial score (nSPS) is 10.3. The minimum absolute atomic E-state index is 0.748. The molecule has 0 aliphatic heterocycles. The van der Waals surface area contributed by atoms with Gasteiger partial charge in [-0.3, -0.25) is 0 Å². The van der Waals surface area contributed by atoms with E-state index in [9.17, 15) is 0 Å². The molecule has 3 heteroatoms. The average molecular weight is 292 g/mol. The molecule has 2 N–H and O–H groups in total. The zero-order chi connectivity index (χ0) is 12.4. The predicted octanol–water partition coefficient (Wildman–Crippen LogP) is 4.44. The summed E-state index contributed by atoms with van der Waals surface area (Å²) in [5.41, 5.74) is 8.67. The molecule has 17 heavy (non-hydrogen) atoms. The highest BCUT2D eigenvalue weighted by Gasteiger charge is 2.05. The van der Waals surface area contributed by atoms with Crippen molar-refractivity contribution in [2.24, 2.45) is 0 Å². The zero-order valence-electron chi connectivity index (χ0n) is 9.83. The topological polar surface area (TPSA) is 35.2 Å². The van der Waals surface area contributed by atoms with E-state index in [0.717, 1.165) is 27.2 Å². The van der Waals surface area contributed by atoms with Crippen molar-refractivity contribution in [3.05, 3.63) is 52.0 Å². The summed E-state index contributed by atoms with van der Waals surface area (Å²) in [7, 11) is 0. The predicted molar refractivity (Wildman–Crippen MR) is 74.5 cm³/mol. The fourth-order valence-corrected chi connectivity index (χ4v) is 2.17. The number of hydrogen-bond donors (Lipinski definition) is 1. The minimum Gasteiger partial charge on any atom is -0.456 e. The van der Waals surface area contributed by atoms with Gasteiger partial charge in [-0.2, -0.15) is 0 Å². The zero-order valence-corrected chi connectivity index (χ0v) is 11.4. The Kier molecular flexibility index (Phi) is 3.38. The molecule has 2 nitrogen and oxygen atoms in total. The number of benzene rings is 2. The lowest BCUT2D eigenvalue weighted by molar-refractivity contribution is 0.476. The van der Waals surface area contributed by atoms with E-state index in [1.807, 2.05) is 50.2 Å². The Bertz CT molecular complexity index is 502. The number of nitrogens with two attached hydrogens (primary N) is 1. The van der Waals surface area contributed by atoms with Crippen LogP contribution in [0.15, 0.2) is 40.9 Å². The van der Waals surface area contributed by atoms with E-state index in [0.29, 0.717) is 0 Å². The molecule has 0 bridgehead atoms. The van der Waals surface area contributed by atoms with Crippen LogP contribution in [0.2, 0.25) is 0 Å².